The van der Waals surface area contributed by atoms with E-state index in [1.807, 2.05) is 18.2 Å². The van der Waals surface area contributed by atoms with Crippen LogP contribution in [0.25, 0.3) is 11.0 Å². The molecule has 1 aromatic carbocycles. The van der Waals surface area contributed by atoms with Crippen LogP contribution in [0.4, 0.5) is 0 Å². The topological polar surface area (TPSA) is 66.0 Å². The molecule has 0 aliphatic carbocycles. The minimum Gasteiger partial charge on any atom is -0.451 e. The number of hydrogen-bond acceptors (Lipinski definition) is 4. The fraction of sp³-hybridized carbons (Fsp3) is 0.286. The van der Waals surface area contributed by atoms with Gasteiger partial charge in [-0.05, 0) is 26.0 Å². The van der Waals surface area contributed by atoms with E-state index >= 15 is 0 Å². The van der Waals surface area contributed by atoms with E-state index in [1.54, 1.807) is 26.0 Å². The van der Waals surface area contributed by atoms with Crippen LogP contribution in [0.15, 0.2) is 39.9 Å². The first-order valence-electron chi connectivity index (χ1n) is 6.07. The van der Waals surface area contributed by atoms with Crippen molar-refractivity contribution < 1.29 is 14.3 Å². The lowest BCUT2D eigenvalue weighted by Crippen LogP contribution is -2.43. The Morgan fingerprint density at radius 2 is 2.21 bits per heavy atom. The maximum absolute atomic E-state index is 12.3. The Kier molecular flexibility index (Phi) is 2.46. The number of para-hydroxylation sites is 1. The Morgan fingerprint density at radius 1 is 1.47 bits per heavy atom. The maximum Gasteiger partial charge on any atom is 0.312 e. The summed E-state index contributed by atoms with van der Waals surface area (Å²) in [5.74, 6) is -0.252. The first-order chi connectivity index (χ1) is 8.97. The van der Waals surface area contributed by atoms with Crippen LogP contribution in [0.5, 0.6) is 0 Å². The van der Waals surface area contributed by atoms with E-state index in [1.165, 1.54) is 0 Å². The van der Waals surface area contributed by atoms with Crippen molar-refractivity contribution in [3.05, 3.63) is 36.1 Å². The minimum atomic E-state index is -1.29. The number of hydrazone groups is 1. The summed E-state index contributed by atoms with van der Waals surface area (Å²) in [7, 11) is 0. The van der Waals surface area contributed by atoms with Gasteiger partial charge in [-0.15, -0.1) is 0 Å². The van der Waals surface area contributed by atoms with E-state index in [0.29, 0.717) is 12.0 Å². The standard InChI is InChI=1S/C14H14N2O3/c1-9-8-14(2,18)16(15-9)13(17)12-7-10-5-3-4-6-11(10)19-12/h3-7,18H,8H2,1-2H3. The summed E-state index contributed by atoms with van der Waals surface area (Å²) in [6, 6.07) is 9.04. The van der Waals surface area contributed by atoms with Crippen molar-refractivity contribution in [3.63, 3.8) is 0 Å². The van der Waals surface area contributed by atoms with Crippen LogP contribution in [0.2, 0.25) is 0 Å². The molecule has 0 radical (unpaired) electrons. The van der Waals surface area contributed by atoms with Gasteiger partial charge in [0.05, 0.1) is 0 Å². The normalized spacial score (nSPS) is 22.9. The van der Waals surface area contributed by atoms with Crippen molar-refractivity contribution in [2.45, 2.75) is 26.0 Å². The maximum atomic E-state index is 12.3. The van der Waals surface area contributed by atoms with Gasteiger partial charge in [0.2, 0.25) is 0 Å². The number of nitrogens with zero attached hydrogens (tertiary/aromatic N) is 2. The molecule has 0 saturated carbocycles. The lowest BCUT2D eigenvalue weighted by molar-refractivity contribution is -0.0565. The summed E-state index contributed by atoms with van der Waals surface area (Å²) < 4.78 is 5.50. The first kappa shape index (κ1) is 11.9. The van der Waals surface area contributed by atoms with Gasteiger partial charge in [-0.2, -0.15) is 10.1 Å². The fourth-order valence-corrected chi connectivity index (χ4v) is 2.33. The van der Waals surface area contributed by atoms with Gasteiger partial charge in [0.15, 0.2) is 11.5 Å². The van der Waals surface area contributed by atoms with Crippen LogP contribution >= 0.6 is 0 Å². The quantitative estimate of drug-likeness (QED) is 0.853. The van der Waals surface area contributed by atoms with E-state index in [2.05, 4.69) is 5.10 Å². The molecule has 1 aromatic heterocycles. The van der Waals surface area contributed by atoms with Crippen molar-refractivity contribution in [1.82, 2.24) is 5.01 Å². The lowest BCUT2D eigenvalue weighted by atomic mass is 10.1. The third-order valence-electron chi connectivity index (χ3n) is 3.15. The molecule has 1 atom stereocenters. The molecule has 1 aliphatic heterocycles. The Bertz CT molecular complexity index is 652. The minimum absolute atomic E-state index is 0.180. The van der Waals surface area contributed by atoms with E-state index in [0.717, 1.165) is 16.1 Å². The predicted octanol–water partition coefficient (Wildman–Crippen LogP) is 2.36. The smallest absolute Gasteiger partial charge is 0.312 e. The van der Waals surface area contributed by atoms with Gasteiger partial charge in [-0.25, -0.2) is 0 Å². The molecule has 3 rings (SSSR count). The highest BCUT2D eigenvalue weighted by Crippen LogP contribution is 2.28. The monoisotopic (exact) mass is 258 g/mol. The molecule has 5 nitrogen and oxygen atoms in total. The summed E-state index contributed by atoms with van der Waals surface area (Å²) in [5.41, 5.74) is 0.0694. The van der Waals surface area contributed by atoms with Crippen molar-refractivity contribution in [3.8, 4) is 0 Å². The molecule has 1 aliphatic rings. The summed E-state index contributed by atoms with van der Waals surface area (Å²) in [6.45, 7) is 3.34. The van der Waals surface area contributed by atoms with Gasteiger partial charge in [-0.1, -0.05) is 18.2 Å². The van der Waals surface area contributed by atoms with Gasteiger partial charge in [-0.3, -0.25) is 4.79 Å². The molecular weight excluding hydrogens is 244 g/mol. The zero-order valence-electron chi connectivity index (χ0n) is 10.8. The molecule has 0 fully saturated rings. The largest absolute Gasteiger partial charge is 0.451 e. The molecular formula is C14H14N2O3. The summed E-state index contributed by atoms with van der Waals surface area (Å²) in [5, 5.41) is 16.2. The SMILES string of the molecule is CC1=NN(C(=O)c2cc3ccccc3o2)C(C)(O)C1. The molecule has 2 heterocycles. The van der Waals surface area contributed by atoms with Gasteiger partial charge >= 0.3 is 5.91 Å². The highest BCUT2D eigenvalue weighted by Gasteiger charge is 2.40. The van der Waals surface area contributed by atoms with Crippen molar-refractivity contribution >= 4 is 22.6 Å². The number of carbonyl (C=O) groups is 1. The molecule has 0 bridgehead atoms. The number of amides is 1. The van der Waals surface area contributed by atoms with Crippen molar-refractivity contribution in [2.75, 3.05) is 0 Å². The van der Waals surface area contributed by atoms with Crippen LogP contribution in [0.1, 0.15) is 30.8 Å². The Hall–Kier alpha value is -2.14. The van der Waals surface area contributed by atoms with Crippen LogP contribution in [-0.2, 0) is 0 Å². The van der Waals surface area contributed by atoms with E-state index in [9.17, 15) is 9.90 Å². The third kappa shape index (κ3) is 1.92. The van der Waals surface area contributed by atoms with Crippen LogP contribution in [0.3, 0.4) is 0 Å². The second kappa shape index (κ2) is 3.93. The second-order valence-electron chi connectivity index (χ2n) is 4.99. The number of carbonyl (C=O) groups excluding carboxylic acids is 1. The number of hydrogen-bond donors (Lipinski definition) is 1. The van der Waals surface area contributed by atoms with Crippen LogP contribution < -0.4 is 0 Å². The zero-order valence-corrected chi connectivity index (χ0v) is 10.8. The highest BCUT2D eigenvalue weighted by atomic mass is 16.4. The fourth-order valence-electron chi connectivity index (χ4n) is 2.33. The molecule has 1 unspecified atom stereocenters. The lowest BCUT2D eigenvalue weighted by Gasteiger charge is -2.25. The Morgan fingerprint density at radius 3 is 2.84 bits per heavy atom. The molecule has 5 heteroatoms. The third-order valence-corrected chi connectivity index (χ3v) is 3.15. The summed E-state index contributed by atoms with van der Waals surface area (Å²) in [4.78, 5) is 12.3. The molecule has 1 amide bonds. The number of benzene rings is 1. The molecule has 0 spiro atoms. The molecule has 0 saturated heterocycles. The molecule has 98 valence electrons. The summed E-state index contributed by atoms with van der Waals surface area (Å²) >= 11 is 0. The van der Waals surface area contributed by atoms with Gasteiger partial charge in [0.25, 0.3) is 0 Å². The Labute approximate surface area is 110 Å². The average molecular weight is 258 g/mol. The van der Waals surface area contributed by atoms with Crippen molar-refractivity contribution in [2.24, 2.45) is 5.10 Å². The van der Waals surface area contributed by atoms with Gasteiger partial charge in [0, 0.05) is 17.5 Å². The van der Waals surface area contributed by atoms with Crippen LogP contribution in [-0.4, -0.2) is 27.5 Å². The first-order valence-corrected chi connectivity index (χ1v) is 6.07. The van der Waals surface area contributed by atoms with Crippen molar-refractivity contribution in [1.29, 1.82) is 0 Å². The number of rotatable bonds is 1. The average Bonchev–Trinajstić information content (AvgIpc) is 2.88. The molecule has 19 heavy (non-hydrogen) atoms. The molecule has 2 aromatic rings. The summed E-state index contributed by atoms with van der Waals surface area (Å²) in [6.07, 6.45) is 0.346. The van der Waals surface area contributed by atoms with E-state index in [4.69, 9.17) is 4.42 Å². The van der Waals surface area contributed by atoms with E-state index in [-0.39, 0.29) is 5.76 Å². The number of furan rings is 1. The van der Waals surface area contributed by atoms with Gasteiger partial charge < -0.3 is 9.52 Å². The molecule has 1 N–H and O–H groups in total. The highest BCUT2D eigenvalue weighted by molar-refractivity contribution is 5.98. The van der Waals surface area contributed by atoms with Gasteiger partial charge in [0.1, 0.15) is 5.58 Å². The van der Waals surface area contributed by atoms with E-state index < -0.39 is 11.6 Å². The number of aliphatic hydroxyl groups is 1. The zero-order chi connectivity index (χ0) is 13.6. The Balaban J connectivity index is 2.00. The number of fused-ring (bicyclic) bond motifs is 1. The second-order valence-corrected chi connectivity index (χ2v) is 4.99. The van der Waals surface area contributed by atoms with Crippen LogP contribution in [0, 0.1) is 0 Å². The predicted molar refractivity (Wildman–Crippen MR) is 70.7 cm³/mol.